The summed E-state index contributed by atoms with van der Waals surface area (Å²) < 4.78 is 9.79. The third kappa shape index (κ3) is 4.82. The molecule has 1 rings (SSSR count). The molecule has 1 aliphatic rings. The Balaban J connectivity index is 2.74. The van der Waals surface area contributed by atoms with Crippen LogP contribution in [0.1, 0.15) is 13.8 Å². The molecule has 0 amide bonds. The third-order valence-electron chi connectivity index (χ3n) is 2.19. The van der Waals surface area contributed by atoms with Crippen molar-refractivity contribution in [2.75, 3.05) is 19.0 Å². The number of hydrogen-bond acceptors (Lipinski definition) is 6. The second kappa shape index (κ2) is 7.68. The van der Waals surface area contributed by atoms with E-state index in [9.17, 15) is 9.59 Å². The lowest BCUT2D eigenvalue weighted by Gasteiger charge is -2.20. The highest BCUT2D eigenvalue weighted by atomic mass is 32.2. The second-order valence-electron chi connectivity index (χ2n) is 3.72. The van der Waals surface area contributed by atoms with Crippen LogP contribution in [0.25, 0.3) is 0 Å². The van der Waals surface area contributed by atoms with E-state index in [0.29, 0.717) is 23.1 Å². The summed E-state index contributed by atoms with van der Waals surface area (Å²) in [5.41, 5.74) is 1.25. The van der Waals surface area contributed by atoms with Crippen LogP contribution in [0.3, 0.4) is 0 Å². The van der Waals surface area contributed by atoms with Crippen LogP contribution < -0.4 is 5.32 Å². The SMILES string of the molecule is C=CCOC(=O)C1=C(C)CS/C(=C/C(=O)OCC)N1. The molecule has 0 aromatic carbocycles. The van der Waals surface area contributed by atoms with Gasteiger partial charge in [-0.3, -0.25) is 0 Å². The standard InChI is InChI=1S/C13H17NO4S/c1-4-6-18-13(16)12-9(3)8-19-10(14-12)7-11(15)17-5-2/h4,7,14H,1,5-6,8H2,2-3H3/b10-7+. The molecule has 0 unspecified atom stereocenters. The molecular weight excluding hydrogens is 266 g/mol. The Morgan fingerprint density at radius 3 is 2.84 bits per heavy atom. The Morgan fingerprint density at radius 2 is 2.21 bits per heavy atom. The van der Waals surface area contributed by atoms with E-state index in [1.807, 2.05) is 6.92 Å². The Hall–Kier alpha value is -1.69. The number of carbonyl (C=O) groups excluding carboxylic acids is 2. The predicted octanol–water partition coefficient (Wildman–Crippen LogP) is 1.73. The fourth-order valence-electron chi connectivity index (χ4n) is 1.32. The lowest BCUT2D eigenvalue weighted by Crippen LogP contribution is -2.27. The molecule has 19 heavy (non-hydrogen) atoms. The highest BCUT2D eigenvalue weighted by Crippen LogP contribution is 2.25. The van der Waals surface area contributed by atoms with Crippen molar-refractivity contribution in [1.29, 1.82) is 0 Å². The van der Waals surface area contributed by atoms with Crippen molar-refractivity contribution in [3.63, 3.8) is 0 Å². The van der Waals surface area contributed by atoms with Gasteiger partial charge in [-0.25, -0.2) is 9.59 Å². The predicted molar refractivity (Wildman–Crippen MR) is 74.2 cm³/mol. The van der Waals surface area contributed by atoms with Gasteiger partial charge in [0.2, 0.25) is 0 Å². The number of rotatable bonds is 5. The zero-order chi connectivity index (χ0) is 14.3. The Labute approximate surface area is 116 Å². The fourth-order valence-corrected chi connectivity index (χ4v) is 2.20. The van der Waals surface area contributed by atoms with Gasteiger partial charge in [0.05, 0.1) is 17.7 Å². The minimum Gasteiger partial charge on any atom is -0.463 e. The molecule has 1 N–H and O–H groups in total. The van der Waals surface area contributed by atoms with Gasteiger partial charge in [0.1, 0.15) is 12.3 Å². The normalized spacial score (nSPS) is 16.8. The first-order valence-corrected chi connectivity index (χ1v) is 6.83. The highest BCUT2D eigenvalue weighted by molar-refractivity contribution is 8.03. The molecule has 5 nitrogen and oxygen atoms in total. The average Bonchev–Trinajstić information content (AvgIpc) is 2.38. The second-order valence-corrected chi connectivity index (χ2v) is 4.73. The molecular formula is C13H17NO4S. The topological polar surface area (TPSA) is 64.6 Å². The molecule has 0 fully saturated rings. The van der Waals surface area contributed by atoms with Gasteiger partial charge in [-0.1, -0.05) is 12.7 Å². The van der Waals surface area contributed by atoms with Crippen LogP contribution in [-0.4, -0.2) is 30.9 Å². The van der Waals surface area contributed by atoms with E-state index in [4.69, 9.17) is 9.47 Å². The van der Waals surface area contributed by atoms with E-state index in [1.165, 1.54) is 23.9 Å². The van der Waals surface area contributed by atoms with Crippen molar-refractivity contribution in [3.8, 4) is 0 Å². The molecule has 104 valence electrons. The van der Waals surface area contributed by atoms with Crippen molar-refractivity contribution in [2.24, 2.45) is 0 Å². The van der Waals surface area contributed by atoms with E-state index < -0.39 is 11.9 Å². The van der Waals surface area contributed by atoms with E-state index in [-0.39, 0.29) is 6.61 Å². The van der Waals surface area contributed by atoms with Gasteiger partial charge in [-0.2, -0.15) is 0 Å². The number of thioether (sulfide) groups is 1. The Morgan fingerprint density at radius 1 is 1.47 bits per heavy atom. The summed E-state index contributed by atoms with van der Waals surface area (Å²) in [5, 5.41) is 3.47. The van der Waals surface area contributed by atoms with E-state index in [1.54, 1.807) is 6.92 Å². The molecule has 0 spiro atoms. The summed E-state index contributed by atoms with van der Waals surface area (Å²) >= 11 is 1.43. The summed E-state index contributed by atoms with van der Waals surface area (Å²) in [6, 6.07) is 0. The molecule has 0 aliphatic carbocycles. The summed E-state index contributed by atoms with van der Waals surface area (Å²) in [6.45, 7) is 7.53. The number of esters is 2. The van der Waals surface area contributed by atoms with Crippen LogP contribution in [0, 0.1) is 0 Å². The summed E-state index contributed by atoms with van der Waals surface area (Å²) in [4.78, 5) is 23.1. The maximum atomic E-state index is 11.8. The largest absolute Gasteiger partial charge is 0.463 e. The maximum Gasteiger partial charge on any atom is 0.355 e. The van der Waals surface area contributed by atoms with Gasteiger partial charge < -0.3 is 14.8 Å². The number of ether oxygens (including phenoxy) is 2. The summed E-state index contributed by atoms with van der Waals surface area (Å²) in [7, 11) is 0. The number of hydrogen-bond donors (Lipinski definition) is 1. The minimum atomic E-state index is -0.451. The first-order valence-electron chi connectivity index (χ1n) is 5.84. The van der Waals surface area contributed by atoms with Gasteiger partial charge in [0.25, 0.3) is 0 Å². The molecule has 0 atom stereocenters. The van der Waals surface area contributed by atoms with Crippen LogP contribution in [0.5, 0.6) is 0 Å². The molecule has 6 heteroatoms. The Bertz CT molecular complexity index is 440. The van der Waals surface area contributed by atoms with E-state index in [2.05, 4.69) is 11.9 Å². The third-order valence-corrected chi connectivity index (χ3v) is 3.30. The van der Waals surface area contributed by atoms with Crippen molar-refractivity contribution in [1.82, 2.24) is 5.32 Å². The van der Waals surface area contributed by atoms with Crippen LogP contribution >= 0.6 is 11.8 Å². The molecule has 0 saturated heterocycles. The van der Waals surface area contributed by atoms with E-state index in [0.717, 1.165) is 5.57 Å². The highest BCUT2D eigenvalue weighted by Gasteiger charge is 2.21. The van der Waals surface area contributed by atoms with Crippen molar-refractivity contribution in [2.45, 2.75) is 13.8 Å². The van der Waals surface area contributed by atoms with Crippen LogP contribution in [-0.2, 0) is 19.1 Å². The molecule has 1 heterocycles. The lowest BCUT2D eigenvalue weighted by molar-refractivity contribution is -0.139. The Kier molecular flexibility index (Phi) is 6.21. The summed E-state index contributed by atoms with van der Waals surface area (Å²) in [5.74, 6) is -0.264. The monoisotopic (exact) mass is 283 g/mol. The molecule has 0 radical (unpaired) electrons. The quantitative estimate of drug-likeness (QED) is 0.471. The minimum absolute atomic E-state index is 0.154. The smallest absolute Gasteiger partial charge is 0.355 e. The van der Waals surface area contributed by atoms with Gasteiger partial charge in [0.15, 0.2) is 0 Å². The van der Waals surface area contributed by atoms with Gasteiger partial charge in [0, 0.05) is 5.75 Å². The number of carbonyl (C=O) groups is 2. The fraction of sp³-hybridized carbons (Fsp3) is 0.385. The number of nitrogens with one attached hydrogen (secondary N) is 1. The van der Waals surface area contributed by atoms with Crippen LogP contribution in [0.2, 0.25) is 0 Å². The first kappa shape index (κ1) is 15.4. The van der Waals surface area contributed by atoms with Crippen molar-refractivity contribution < 1.29 is 19.1 Å². The van der Waals surface area contributed by atoms with Crippen molar-refractivity contribution in [3.05, 3.63) is 35.0 Å². The van der Waals surface area contributed by atoms with Crippen molar-refractivity contribution >= 4 is 23.7 Å². The lowest BCUT2D eigenvalue weighted by atomic mass is 10.2. The molecule has 0 aromatic heterocycles. The van der Waals surface area contributed by atoms with Crippen LogP contribution in [0.15, 0.2) is 35.0 Å². The van der Waals surface area contributed by atoms with Gasteiger partial charge in [-0.15, -0.1) is 11.8 Å². The molecule has 0 saturated carbocycles. The maximum absolute atomic E-state index is 11.8. The zero-order valence-electron chi connectivity index (χ0n) is 11.0. The average molecular weight is 283 g/mol. The molecule has 0 bridgehead atoms. The summed E-state index contributed by atoms with van der Waals surface area (Å²) in [6.07, 6.45) is 2.84. The zero-order valence-corrected chi connectivity index (χ0v) is 11.8. The first-order chi connectivity index (χ1) is 9.08. The van der Waals surface area contributed by atoms with E-state index >= 15 is 0 Å². The van der Waals surface area contributed by atoms with Crippen LogP contribution in [0.4, 0.5) is 0 Å². The molecule has 0 aromatic rings. The van der Waals surface area contributed by atoms with Gasteiger partial charge in [-0.05, 0) is 19.4 Å². The van der Waals surface area contributed by atoms with Gasteiger partial charge >= 0.3 is 11.9 Å². The molecule has 1 aliphatic heterocycles.